The average molecular weight is 253 g/mol. The van der Waals surface area contributed by atoms with Crippen molar-refractivity contribution in [1.29, 1.82) is 0 Å². The van der Waals surface area contributed by atoms with Crippen molar-refractivity contribution in [2.45, 2.75) is 51.5 Å². The SMILES string of the molecule is CC1(C)CCCCC1(N)Cc1cccc(F)c1F. The van der Waals surface area contributed by atoms with Gasteiger partial charge in [-0.2, -0.15) is 0 Å². The standard InChI is InChI=1S/C15H21F2N/c1-14(2)8-3-4-9-15(14,18)10-11-6-5-7-12(16)13(11)17/h5-7H,3-4,8-10,18H2,1-2H3. The van der Waals surface area contributed by atoms with E-state index in [2.05, 4.69) is 13.8 Å². The zero-order valence-electron chi connectivity index (χ0n) is 11.1. The fourth-order valence-electron chi connectivity index (χ4n) is 2.95. The van der Waals surface area contributed by atoms with Gasteiger partial charge in [-0.05, 0) is 36.3 Å². The molecule has 0 aromatic heterocycles. The second kappa shape index (κ2) is 4.61. The number of nitrogens with two attached hydrogens (primary N) is 1. The van der Waals surface area contributed by atoms with Crippen molar-refractivity contribution in [1.82, 2.24) is 0 Å². The predicted molar refractivity (Wildman–Crippen MR) is 69.2 cm³/mol. The van der Waals surface area contributed by atoms with Gasteiger partial charge in [0.05, 0.1) is 0 Å². The summed E-state index contributed by atoms with van der Waals surface area (Å²) in [5.74, 6) is -1.53. The molecule has 0 aliphatic heterocycles. The molecule has 3 heteroatoms. The van der Waals surface area contributed by atoms with E-state index < -0.39 is 17.2 Å². The molecule has 0 heterocycles. The molecule has 1 aromatic carbocycles. The molecule has 2 N–H and O–H groups in total. The summed E-state index contributed by atoms with van der Waals surface area (Å²) in [6, 6.07) is 4.33. The van der Waals surface area contributed by atoms with E-state index >= 15 is 0 Å². The van der Waals surface area contributed by atoms with E-state index in [9.17, 15) is 8.78 Å². The van der Waals surface area contributed by atoms with Gasteiger partial charge in [-0.1, -0.05) is 38.8 Å². The lowest BCUT2D eigenvalue weighted by molar-refractivity contribution is 0.0980. The molecule has 0 saturated heterocycles. The summed E-state index contributed by atoms with van der Waals surface area (Å²) in [6.45, 7) is 4.26. The lowest BCUT2D eigenvalue weighted by Gasteiger charge is -2.48. The van der Waals surface area contributed by atoms with Crippen LogP contribution in [0.5, 0.6) is 0 Å². The van der Waals surface area contributed by atoms with Crippen LogP contribution in [-0.2, 0) is 6.42 Å². The van der Waals surface area contributed by atoms with Crippen LogP contribution in [0.2, 0.25) is 0 Å². The lowest BCUT2D eigenvalue weighted by atomic mass is 9.61. The smallest absolute Gasteiger partial charge is 0.162 e. The Morgan fingerprint density at radius 2 is 1.83 bits per heavy atom. The first-order valence-corrected chi connectivity index (χ1v) is 6.57. The van der Waals surface area contributed by atoms with Crippen molar-refractivity contribution < 1.29 is 8.78 Å². The Hall–Kier alpha value is -0.960. The quantitative estimate of drug-likeness (QED) is 0.852. The van der Waals surface area contributed by atoms with Crippen LogP contribution in [-0.4, -0.2) is 5.54 Å². The van der Waals surface area contributed by atoms with Crippen molar-refractivity contribution in [3.63, 3.8) is 0 Å². The highest BCUT2D eigenvalue weighted by molar-refractivity contribution is 5.23. The van der Waals surface area contributed by atoms with Crippen LogP contribution in [0, 0.1) is 17.0 Å². The Balaban J connectivity index is 2.29. The Morgan fingerprint density at radius 3 is 2.50 bits per heavy atom. The molecule has 2 rings (SSSR count). The zero-order valence-corrected chi connectivity index (χ0v) is 11.1. The third-order valence-corrected chi connectivity index (χ3v) is 4.56. The van der Waals surface area contributed by atoms with Crippen LogP contribution in [0.3, 0.4) is 0 Å². The first kappa shape index (κ1) is 13.5. The van der Waals surface area contributed by atoms with Gasteiger partial charge in [-0.3, -0.25) is 0 Å². The Kier molecular flexibility index (Phi) is 3.45. The van der Waals surface area contributed by atoms with Crippen molar-refractivity contribution in [3.05, 3.63) is 35.4 Å². The van der Waals surface area contributed by atoms with Gasteiger partial charge in [0, 0.05) is 5.54 Å². The van der Waals surface area contributed by atoms with E-state index in [-0.39, 0.29) is 5.41 Å². The van der Waals surface area contributed by atoms with Gasteiger partial charge in [0.25, 0.3) is 0 Å². The summed E-state index contributed by atoms with van der Waals surface area (Å²) in [5, 5.41) is 0. The minimum Gasteiger partial charge on any atom is -0.324 e. The largest absolute Gasteiger partial charge is 0.324 e. The number of benzene rings is 1. The molecule has 0 radical (unpaired) electrons. The highest BCUT2D eigenvalue weighted by Crippen LogP contribution is 2.44. The van der Waals surface area contributed by atoms with Gasteiger partial charge in [-0.15, -0.1) is 0 Å². The molecule has 100 valence electrons. The third-order valence-electron chi connectivity index (χ3n) is 4.56. The minimum absolute atomic E-state index is 0.0377. The molecule has 0 amide bonds. The second-order valence-corrected chi connectivity index (χ2v) is 6.14. The summed E-state index contributed by atoms with van der Waals surface area (Å²) in [5.41, 5.74) is 6.41. The average Bonchev–Trinajstić information content (AvgIpc) is 2.29. The molecule has 1 atom stereocenters. The predicted octanol–water partition coefficient (Wildman–Crippen LogP) is 3.81. The molecule has 1 aliphatic rings. The van der Waals surface area contributed by atoms with Crippen LogP contribution in [0.25, 0.3) is 0 Å². The molecule has 1 saturated carbocycles. The van der Waals surface area contributed by atoms with Crippen LogP contribution < -0.4 is 5.73 Å². The molecule has 1 aliphatic carbocycles. The number of halogens is 2. The fraction of sp³-hybridized carbons (Fsp3) is 0.600. The molecular formula is C15H21F2N. The van der Waals surface area contributed by atoms with Gasteiger partial charge >= 0.3 is 0 Å². The Labute approximate surface area is 107 Å². The summed E-state index contributed by atoms with van der Waals surface area (Å²) in [6.07, 6.45) is 4.55. The van der Waals surface area contributed by atoms with Crippen LogP contribution in [0.1, 0.15) is 45.1 Å². The monoisotopic (exact) mass is 253 g/mol. The van der Waals surface area contributed by atoms with Crippen LogP contribution >= 0.6 is 0 Å². The highest BCUT2D eigenvalue weighted by Gasteiger charge is 2.43. The van der Waals surface area contributed by atoms with Crippen molar-refractivity contribution in [3.8, 4) is 0 Å². The van der Waals surface area contributed by atoms with Gasteiger partial charge < -0.3 is 5.73 Å². The molecule has 1 fully saturated rings. The van der Waals surface area contributed by atoms with Crippen molar-refractivity contribution >= 4 is 0 Å². The third kappa shape index (κ3) is 2.28. The molecule has 1 aromatic rings. The van der Waals surface area contributed by atoms with Gasteiger partial charge in [-0.25, -0.2) is 8.78 Å². The maximum Gasteiger partial charge on any atom is 0.162 e. The summed E-state index contributed by atoms with van der Waals surface area (Å²) in [7, 11) is 0. The molecule has 0 spiro atoms. The topological polar surface area (TPSA) is 26.0 Å². The first-order chi connectivity index (χ1) is 8.36. The van der Waals surface area contributed by atoms with Crippen LogP contribution in [0.4, 0.5) is 8.78 Å². The maximum absolute atomic E-state index is 13.7. The lowest BCUT2D eigenvalue weighted by Crippen LogP contribution is -2.56. The molecule has 1 unspecified atom stereocenters. The van der Waals surface area contributed by atoms with E-state index in [1.165, 1.54) is 0 Å². The number of hydrogen-bond acceptors (Lipinski definition) is 1. The van der Waals surface area contributed by atoms with E-state index in [1.807, 2.05) is 0 Å². The van der Waals surface area contributed by atoms with Crippen LogP contribution in [0.15, 0.2) is 18.2 Å². The highest BCUT2D eigenvalue weighted by atomic mass is 19.2. The molecule has 0 bridgehead atoms. The van der Waals surface area contributed by atoms with Gasteiger partial charge in [0.15, 0.2) is 11.6 Å². The minimum atomic E-state index is -0.787. The number of rotatable bonds is 2. The fourth-order valence-corrected chi connectivity index (χ4v) is 2.95. The van der Waals surface area contributed by atoms with Crippen molar-refractivity contribution in [2.24, 2.45) is 11.1 Å². The maximum atomic E-state index is 13.7. The summed E-state index contributed by atoms with van der Waals surface area (Å²) >= 11 is 0. The molecule has 1 nitrogen and oxygen atoms in total. The normalized spacial score (nSPS) is 27.2. The van der Waals surface area contributed by atoms with E-state index in [0.29, 0.717) is 12.0 Å². The van der Waals surface area contributed by atoms with E-state index in [1.54, 1.807) is 12.1 Å². The van der Waals surface area contributed by atoms with E-state index in [4.69, 9.17) is 5.73 Å². The van der Waals surface area contributed by atoms with Gasteiger partial charge in [0.1, 0.15) is 0 Å². The Morgan fingerprint density at radius 1 is 1.17 bits per heavy atom. The first-order valence-electron chi connectivity index (χ1n) is 6.57. The Bertz CT molecular complexity index is 442. The van der Waals surface area contributed by atoms with Gasteiger partial charge in [0.2, 0.25) is 0 Å². The molecule has 18 heavy (non-hydrogen) atoms. The summed E-state index contributed by atoms with van der Waals surface area (Å²) in [4.78, 5) is 0. The van der Waals surface area contributed by atoms with E-state index in [0.717, 1.165) is 31.7 Å². The molecular weight excluding hydrogens is 232 g/mol. The zero-order chi connectivity index (χ0) is 13.4. The van der Waals surface area contributed by atoms with Crippen molar-refractivity contribution in [2.75, 3.05) is 0 Å². The second-order valence-electron chi connectivity index (χ2n) is 6.14. The number of hydrogen-bond donors (Lipinski definition) is 1. The summed E-state index contributed by atoms with van der Waals surface area (Å²) < 4.78 is 27.0.